The molecule has 0 bridgehead atoms. The van der Waals surface area contributed by atoms with E-state index in [0.717, 1.165) is 18.0 Å². The second kappa shape index (κ2) is 5.99. The Morgan fingerprint density at radius 3 is 2.78 bits per heavy atom. The van der Waals surface area contributed by atoms with Crippen molar-refractivity contribution in [2.45, 2.75) is 57.3 Å². The predicted octanol–water partition coefficient (Wildman–Crippen LogP) is 3.85. The number of benzene rings is 1. The van der Waals surface area contributed by atoms with E-state index in [9.17, 15) is 4.79 Å². The fourth-order valence-electron chi connectivity index (χ4n) is 4.36. The van der Waals surface area contributed by atoms with Crippen LogP contribution in [0.3, 0.4) is 0 Å². The summed E-state index contributed by atoms with van der Waals surface area (Å²) in [4.78, 5) is 11.4. The number of H-pyrrole nitrogens is 1. The Balaban J connectivity index is 1.61. The lowest BCUT2D eigenvalue weighted by Crippen LogP contribution is -2.14. The zero-order valence-corrected chi connectivity index (χ0v) is 13.8. The van der Waals surface area contributed by atoms with E-state index in [1.165, 1.54) is 48.7 Å². The van der Waals surface area contributed by atoms with E-state index in [1.54, 1.807) is 0 Å². The third-order valence-corrected chi connectivity index (χ3v) is 5.87. The van der Waals surface area contributed by atoms with Gasteiger partial charge in [-0.2, -0.15) is 5.10 Å². The molecule has 1 amide bonds. The molecule has 0 spiro atoms. The summed E-state index contributed by atoms with van der Waals surface area (Å²) in [5, 5.41) is 12.0. The molecule has 1 aromatic carbocycles. The fourth-order valence-corrected chi connectivity index (χ4v) is 4.36. The number of amides is 1. The summed E-state index contributed by atoms with van der Waals surface area (Å²) in [5.41, 5.74) is 3.55. The number of carbonyl (C=O) groups is 1. The van der Waals surface area contributed by atoms with Crippen molar-refractivity contribution >= 4 is 16.8 Å². The van der Waals surface area contributed by atoms with E-state index >= 15 is 0 Å². The molecule has 1 aliphatic heterocycles. The number of nitrogens with zero attached hydrogens (tertiary/aromatic N) is 1. The van der Waals surface area contributed by atoms with E-state index in [-0.39, 0.29) is 5.91 Å². The smallest absolute Gasteiger partial charge is 0.220 e. The molecule has 1 saturated heterocycles. The topological polar surface area (TPSA) is 57.8 Å². The Hall–Kier alpha value is -1.84. The van der Waals surface area contributed by atoms with Gasteiger partial charge in [-0.05, 0) is 30.4 Å². The Kier molecular flexibility index (Phi) is 3.83. The van der Waals surface area contributed by atoms with Gasteiger partial charge in [0.1, 0.15) is 0 Å². The van der Waals surface area contributed by atoms with Gasteiger partial charge in [0.05, 0.1) is 5.52 Å². The van der Waals surface area contributed by atoms with Crippen molar-refractivity contribution in [2.75, 3.05) is 6.54 Å². The molecule has 1 aliphatic carbocycles. The number of carbonyl (C=O) groups excluding carboxylic acids is 1. The van der Waals surface area contributed by atoms with Crippen molar-refractivity contribution in [3.63, 3.8) is 0 Å². The summed E-state index contributed by atoms with van der Waals surface area (Å²) in [7, 11) is 0. The quantitative estimate of drug-likeness (QED) is 0.904. The molecule has 4 heteroatoms. The average Bonchev–Trinajstić information content (AvgIpc) is 3.20. The molecule has 2 unspecified atom stereocenters. The van der Waals surface area contributed by atoms with Gasteiger partial charge < -0.3 is 5.32 Å². The predicted molar refractivity (Wildman–Crippen MR) is 91.5 cm³/mol. The first-order valence-corrected chi connectivity index (χ1v) is 8.97. The van der Waals surface area contributed by atoms with Crippen LogP contribution in [-0.4, -0.2) is 22.6 Å². The lowest BCUT2D eigenvalue weighted by atomic mass is 9.79. The SMILES string of the molecule is CC(c1[nH]nc2cc(C3CNC(=O)C3)ccc12)C1CCCCC1. The Bertz CT molecular complexity index is 714. The van der Waals surface area contributed by atoms with Crippen LogP contribution in [0, 0.1) is 5.92 Å². The minimum absolute atomic E-state index is 0.156. The van der Waals surface area contributed by atoms with Crippen molar-refractivity contribution in [2.24, 2.45) is 5.92 Å². The molecule has 2 heterocycles. The van der Waals surface area contributed by atoms with Gasteiger partial charge in [-0.1, -0.05) is 38.3 Å². The molecule has 2 aliphatic rings. The number of aromatic nitrogens is 2. The lowest BCUT2D eigenvalue weighted by molar-refractivity contribution is -0.119. The summed E-state index contributed by atoms with van der Waals surface area (Å²) in [6.45, 7) is 3.09. The van der Waals surface area contributed by atoms with Crippen LogP contribution >= 0.6 is 0 Å². The molecule has 1 aromatic heterocycles. The third-order valence-electron chi connectivity index (χ3n) is 5.87. The highest BCUT2D eigenvalue weighted by Crippen LogP contribution is 2.38. The molecule has 23 heavy (non-hydrogen) atoms. The number of rotatable bonds is 3. The Morgan fingerprint density at radius 1 is 1.22 bits per heavy atom. The maximum absolute atomic E-state index is 11.4. The number of fused-ring (bicyclic) bond motifs is 1. The molecule has 4 rings (SSSR count). The zero-order chi connectivity index (χ0) is 15.8. The van der Waals surface area contributed by atoms with Gasteiger partial charge in [0, 0.05) is 35.9 Å². The van der Waals surface area contributed by atoms with Crippen LogP contribution in [0.5, 0.6) is 0 Å². The highest BCUT2D eigenvalue weighted by molar-refractivity contribution is 5.84. The van der Waals surface area contributed by atoms with Crippen molar-refractivity contribution in [1.29, 1.82) is 0 Å². The van der Waals surface area contributed by atoms with Crippen LogP contribution in [0.4, 0.5) is 0 Å². The first-order valence-electron chi connectivity index (χ1n) is 8.97. The van der Waals surface area contributed by atoms with Crippen molar-refractivity contribution in [3.05, 3.63) is 29.5 Å². The van der Waals surface area contributed by atoms with Crippen LogP contribution in [0.25, 0.3) is 10.9 Å². The van der Waals surface area contributed by atoms with Crippen LogP contribution in [0.15, 0.2) is 18.2 Å². The molecular formula is C19H25N3O. The van der Waals surface area contributed by atoms with Gasteiger partial charge in [-0.15, -0.1) is 0 Å². The van der Waals surface area contributed by atoms with E-state index in [2.05, 4.69) is 40.6 Å². The van der Waals surface area contributed by atoms with E-state index < -0.39 is 0 Å². The molecule has 122 valence electrons. The normalized spacial score (nSPS) is 24.0. The summed E-state index contributed by atoms with van der Waals surface area (Å²) in [6, 6.07) is 6.54. The highest BCUT2D eigenvalue weighted by atomic mass is 16.1. The largest absolute Gasteiger partial charge is 0.355 e. The fraction of sp³-hybridized carbons (Fsp3) is 0.579. The van der Waals surface area contributed by atoms with E-state index in [4.69, 9.17) is 0 Å². The molecule has 0 radical (unpaired) electrons. The Labute approximate surface area is 137 Å². The molecule has 1 saturated carbocycles. The molecule has 2 atom stereocenters. The van der Waals surface area contributed by atoms with Crippen LogP contribution < -0.4 is 5.32 Å². The summed E-state index contributed by atoms with van der Waals surface area (Å²) < 4.78 is 0. The molecule has 4 nitrogen and oxygen atoms in total. The molecular weight excluding hydrogens is 286 g/mol. The van der Waals surface area contributed by atoms with Gasteiger partial charge in [0.25, 0.3) is 0 Å². The number of hydrogen-bond acceptors (Lipinski definition) is 2. The zero-order valence-electron chi connectivity index (χ0n) is 13.8. The van der Waals surface area contributed by atoms with Gasteiger partial charge in [0.15, 0.2) is 0 Å². The van der Waals surface area contributed by atoms with Gasteiger partial charge >= 0.3 is 0 Å². The number of nitrogens with one attached hydrogen (secondary N) is 2. The number of hydrogen-bond donors (Lipinski definition) is 2. The minimum Gasteiger partial charge on any atom is -0.355 e. The first-order chi connectivity index (χ1) is 11.2. The lowest BCUT2D eigenvalue weighted by Gasteiger charge is -2.27. The van der Waals surface area contributed by atoms with Crippen molar-refractivity contribution in [3.8, 4) is 0 Å². The second-order valence-electron chi connectivity index (χ2n) is 7.31. The second-order valence-corrected chi connectivity index (χ2v) is 7.31. The summed E-state index contributed by atoms with van der Waals surface area (Å²) in [6.07, 6.45) is 7.42. The number of aromatic amines is 1. The molecule has 2 N–H and O–H groups in total. The van der Waals surface area contributed by atoms with Crippen LogP contribution in [0.2, 0.25) is 0 Å². The van der Waals surface area contributed by atoms with E-state index in [1.807, 2.05) is 0 Å². The average molecular weight is 311 g/mol. The molecule has 2 aromatic rings. The van der Waals surface area contributed by atoms with Crippen LogP contribution in [0.1, 0.15) is 68.5 Å². The van der Waals surface area contributed by atoms with Gasteiger partial charge in [-0.3, -0.25) is 9.89 Å². The van der Waals surface area contributed by atoms with Crippen LogP contribution in [-0.2, 0) is 4.79 Å². The minimum atomic E-state index is 0.156. The monoisotopic (exact) mass is 311 g/mol. The maximum Gasteiger partial charge on any atom is 0.220 e. The first kappa shape index (κ1) is 14.7. The standard InChI is InChI=1S/C19H25N3O/c1-12(13-5-3-2-4-6-13)19-16-8-7-14(9-17(16)21-22-19)15-10-18(23)20-11-15/h7-9,12-13,15H,2-6,10-11H2,1H3,(H,20,23)(H,21,22). The highest BCUT2D eigenvalue weighted by Gasteiger charge is 2.26. The summed E-state index contributed by atoms with van der Waals surface area (Å²) >= 11 is 0. The van der Waals surface area contributed by atoms with Gasteiger partial charge in [-0.25, -0.2) is 0 Å². The molecule has 2 fully saturated rings. The van der Waals surface area contributed by atoms with Crippen molar-refractivity contribution in [1.82, 2.24) is 15.5 Å². The summed E-state index contributed by atoms with van der Waals surface area (Å²) in [5.74, 6) is 1.77. The Morgan fingerprint density at radius 2 is 2.04 bits per heavy atom. The van der Waals surface area contributed by atoms with Crippen molar-refractivity contribution < 1.29 is 4.79 Å². The van der Waals surface area contributed by atoms with Gasteiger partial charge in [0.2, 0.25) is 5.91 Å². The maximum atomic E-state index is 11.4. The van der Waals surface area contributed by atoms with E-state index in [0.29, 0.717) is 18.3 Å². The third kappa shape index (κ3) is 2.75.